The first-order valence-electron chi connectivity index (χ1n) is 8.22. The van der Waals surface area contributed by atoms with Crippen LogP contribution in [-0.2, 0) is 21.2 Å². The highest BCUT2D eigenvalue weighted by atomic mass is 35.5. The van der Waals surface area contributed by atoms with E-state index in [1.165, 1.54) is 47.4 Å². The van der Waals surface area contributed by atoms with Crippen molar-refractivity contribution in [2.75, 3.05) is 18.8 Å². The number of benzene rings is 2. The molecule has 2 aromatic carbocycles. The van der Waals surface area contributed by atoms with Gasteiger partial charge in [0.05, 0.1) is 17.2 Å². The summed E-state index contributed by atoms with van der Waals surface area (Å²) in [6.07, 6.45) is 0. The number of phenols is 1. The Morgan fingerprint density at radius 2 is 1.64 bits per heavy atom. The highest BCUT2D eigenvalue weighted by Crippen LogP contribution is 2.25. The van der Waals surface area contributed by atoms with Gasteiger partial charge in [-0.3, -0.25) is 9.69 Å². The van der Waals surface area contributed by atoms with Crippen LogP contribution in [0.15, 0.2) is 47.4 Å². The number of nitrogens with zero attached hydrogens (tertiary/aromatic N) is 2. The van der Waals surface area contributed by atoms with Crippen LogP contribution in [0.25, 0.3) is 0 Å². The molecule has 0 bridgehead atoms. The SMILES string of the molecule is O=C1CN(Cc2cc(Cl)ccc2O)C(=O)N1CCS(=O)(=O)c1ccc(Cl)cc1. The van der Waals surface area contributed by atoms with Crippen molar-refractivity contribution in [2.45, 2.75) is 11.4 Å². The predicted molar refractivity (Wildman–Crippen MR) is 104 cm³/mol. The van der Waals surface area contributed by atoms with Crippen molar-refractivity contribution in [3.63, 3.8) is 0 Å². The Morgan fingerprint density at radius 1 is 1.00 bits per heavy atom. The maximum atomic E-state index is 12.5. The number of carbonyl (C=O) groups excluding carboxylic acids is 2. The Morgan fingerprint density at radius 3 is 2.32 bits per heavy atom. The second-order valence-electron chi connectivity index (χ2n) is 6.23. The molecule has 0 unspecified atom stereocenters. The molecule has 0 spiro atoms. The van der Waals surface area contributed by atoms with E-state index >= 15 is 0 Å². The Labute approximate surface area is 172 Å². The average molecular weight is 443 g/mol. The number of sulfone groups is 1. The molecule has 1 aliphatic heterocycles. The second-order valence-corrected chi connectivity index (χ2v) is 9.21. The van der Waals surface area contributed by atoms with Gasteiger partial charge in [0.1, 0.15) is 12.3 Å². The van der Waals surface area contributed by atoms with Crippen molar-refractivity contribution < 1.29 is 23.1 Å². The van der Waals surface area contributed by atoms with Crippen LogP contribution in [0.2, 0.25) is 10.0 Å². The molecule has 0 aliphatic carbocycles. The van der Waals surface area contributed by atoms with Crippen LogP contribution in [0.1, 0.15) is 5.56 Å². The average Bonchev–Trinajstić information content (AvgIpc) is 2.90. The number of halogens is 2. The van der Waals surface area contributed by atoms with Crippen molar-refractivity contribution in [3.8, 4) is 5.75 Å². The predicted octanol–water partition coefficient (Wildman–Crippen LogP) is 2.94. The molecule has 148 valence electrons. The molecule has 1 heterocycles. The van der Waals surface area contributed by atoms with E-state index in [0.717, 1.165) is 4.90 Å². The molecule has 1 fully saturated rings. The highest BCUT2D eigenvalue weighted by Gasteiger charge is 2.36. The zero-order valence-electron chi connectivity index (χ0n) is 14.5. The summed E-state index contributed by atoms with van der Waals surface area (Å²) in [4.78, 5) is 26.9. The van der Waals surface area contributed by atoms with Gasteiger partial charge in [-0.2, -0.15) is 0 Å². The van der Waals surface area contributed by atoms with Gasteiger partial charge in [-0.1, -0.05) is 23.2 Å². The van der Waals surface area contributed by atoms with Gasteiger partial charge >= 0.3 is 6.03 Å². The van der Waals surface area contributed by atoms with Crippen LogP contribution in [0.3, 0.4) is 0 Å². The van der Waals surface area contributed by atoms with Gasteiger partial charge in [-0.25, -0.2) is 13.2 Å². The van der Waals surface area contributed by atoms with Crippen LogP contribution in [0.4, 0.5) is 4.79 Å². The lowest BCUT2D eigenvalue weighted by atomic mass is 10.2. The number of urea groups is 1. The Bertz CT molecular complexity index is 1020. The molecule has 3 rings (SSSR count). The number of rotatable bonds is 6. The van der Waals surface area contributed by atoms with E-state index in [2.05, 4.69) is 0 Å². The van der Waals surface area contributed by atoms with Gasteiger partial charge in [0.15, 0.2) is 9.84 Å². The molecule has 10 heteroatoms. The van der Waals surface area contributed by atoms with E-state index in [4.69, 9.17) is 23.2 Å². The quantitative estimate of drug-likeness (QED) is 0.693. The van der Waals surface area contributed by atoms with Crippen molar-refractivity contribution in [2.24, 2.45) is 0 Å². The van der Waals surface area contributed by atoms with Gasteiger partial charge in [0, 0.05) is 22.2 Å². The van der Waals surface area contributed by atoms with Gasteiger partial charge in [0.25, 0.3) is 0 Å². The highest BCUT2D eigenvalue weighted by molar-refractivity contribution is 7.91. The van der Waals surface area contributed by atoms with E-state index in [0.29, 0.717) is 15.6 Å². The summed E-state index contributed by atoms with van der Waals surface area (Å²) in [6, 6.07) is 9.46. The Kier molecular flexibility index (Phi) is 5.83. The number of hydrogen-bond donors (Lipinski definition) is 1. The summed E-state index contributed by atoms with van der Waals surface area (Å²) in [5.74, 6) is -0.950. The summed E-state index contributed by atoms with van der Waals surface area (Å²) in [6.45, 7) is -0.482. The maximum Gasteiger partial charge on any atom is 0.327 e. The number of hydrogen-bond acceptors (Lipinski definition) is 5. The lowest BCUT2D eigenvalue weighted by Crippen LogP contribution is -2.36. The number of aromatic hydroxyl groups is 1. The summed E-state index contributed by atoms with van der Waals surface area (Å²) in [5.41, 5.74) is 0.393. The summed E-state index contributed by atoms with van der Waals surface area (Å²) >= 11 is 11.7. The molecule has 1 aliphatic rings. The van der Waals surface area contributed by atoms with Crippen LogP contribution < -0.4 is 0 Å². The first kappa shape index (κ1) is 20.4. The number of carbonyl (C=O) groups is 2. The van der Waals surface area contributed by atoms with Crippen LogP contribution in [0.5, 0.6) is 5.75 Å². The molecule has 1 saturated heterocycles. The molecular weight excluding hydrogens is 427 g/mol. The number of amides is 3. The molecular formula is C18H16Cl2N2O5S. The van der Waals surface area contributed by atoms with E-state index in [1.807, 2.05) is 0 Å². The van der Waals surface area contributed by atoms with Crippen LogP contribution >= 0.6 is 23.2 Å². The van der Waals surface area contributed by atoms with Crippen molar-refractivity contribution in [1.29, 1.82) is 0 Å². The first-order chi connectivity index (χ1) is 13.2. The minimum atomic E-state index is -3.68. The topological polar surface area (TPSA) is 95.0 Å². The molecule has 28 heavy (non-hydrogen) atoms. The summed E-state index contributed by atoms with van der Waals surface area (Å²) < 4.78 is 24.8. The van der Waals surface area contributed by atoms with E-state index in [9.17, 15) is 23.1 Å². The molecule has 0 atom stereocenters. The minimum Gasteiger partial charge on any atom is -0.508 e. The standard InChI is InChI=1S/C18H16Cl2N2O5S/c19-13-1-4-15(5-2-13)28(26,27)8-7-22-17(24)11-21(18(22)25)10-12-9-14(20)3-6-16(12)23/h1-6,9,23H,7-8,10-11H2. The lowest BCUT2D eigenvalue weighted by molar-refractivity contribution is -0.125. The van der Waals surface area contributed by atoms with Gasteiger partial charge in [-0.05, 0) is 42.5 Å². The lowest BCUT2D eigenvalue weighted by Gasteiger charge is -2.18. The largest absolute Gasteiger partial charge is 0.508 e. The first-order valence-corrected chi connectivity index (χ1v) is 10.6. The fraction of sp³-hybridized carbons (Fsp3) is 0.222. The molecule has 7 nitrogen and oxygen atoms in total. The molecule has 3 amide bonds. The Balaban J connectivity index is 1.68. The normalized spacial score (nSPS) is 14.8. The Hall–Kier alpha value is -2.29. The van der Waals surface area contributed by atoms with Crippen LogP contribution in [-0.4, -0.2) is 54.1 Å². The molecule has 0 saturated carbocycles. The third kappa shape index (κ3) is 4.40. The van der Waals surface area contributed by atoms with Crippen molar-refractivity contribution in [3.05, 3.63) is 58.1 Å². The van der Waals surface area contributed by atoms with E-state index in [-0.39, 0.29) is 30.3 Å². The fourth-order valence-electron chi connectivity index (χ4n) is 2.80. The van der Waals surface area contributed by atoms with E-state index in [1.54, 1.807) is 0 Å². The van der Waals surface area contributed by atoms with Gasteiger partial charge in [0.2, 0.25) is 5.91 Å². The number of phenolic OH excluding ortho intramolecular Hbond substituents is 1. The smallest absolute Gasteiger partial charge is 0.327 e. The third-order valence-corrected chi connectivity index (χ3v) is 6.49. The summed E-state index contributed by atoms with van der Waals surface area (Å²) in [7, 11) is -3.68. The molecule has 0 radical (unpaired) electrons. The minimum absolute atomic E-state index is 0.0165. The molecule has 2 aromatic rings. The zero-order valence-corrected chi connectivity index (χ0v) is 16.8. The van der Waals surface area contributed by atoms with Crippen LogP contribution in [0, 0.1) is 0 Å². The molecule has 1 N–H and O–H groups in total. The third-order valence-electron chi connectivity index (χ3n) is 4.29. The molecule has 0 aromatic heterocycles. The van der Waals surface area contributed by atoms with Crippen molar-refractivity contribution in [1.82, 2.24) is 9.80 Å². The zero-order chi connectivity index (χ0) is 20.5. The van der Waals surface area contributed by atoms with E-state index < -0.39 is 27.5 Å². The van der Waals surface area contributed by atoms with Crippen molar-refractivity contribution >= 4 is 45.0 Å². The fourth-order valence-corrected chi connectivity index (χ4v) is 4.33. The monoisotopic (exact) mass is 442 g/mol. The van der Waals surface area contributed by atoms with Gasteiger partial charge < -0.3 is 10.0 Å². The van der Waals surface area contributed by atoms with Gasteiger partial charge in [-0.15, -0.1) is 0 Å². The number of imide groups is 1. The summed E-state index contributed by atoms with van der Waals surface area (Å²) in [5, 5.41) is 10.7. The second kappa shape index (κ2) is 7.98. The maximum absolute atomic E-state index is 12.5.